The van der Waals surface area contributed by atoms with Crippen molar-refractivity contribution in [2.75, 3.05) is 0 Å². The molecule has 1 N–H and O–H groups in total. The molecule has 1 heterocycles. The number of halogens is 3. The van der Waals surface area contributed by atoms with E-state index in [2.05, 4.69) is 9.24 Å². The Bertz CT molecular complexity index is 839. The molecule has 4 rings (SSSR count). The highest BCUT2D eigenvalue weighted by molar-refractivity contribution is 7.27. The highest BCUT2D eigenvalue weighted by Gasteiger charge is 2.56. The Hall–Kier alpha value is -1.74. The molecule has 0 bridgehead atoms. The standard InChI is InChI=1S/C19H18F3O2P/c20-12-9-11(5-6-13(12)23)19-8-2-7-18(21,22)10-16(19)24-14-3-1-4-15(25)17(14)19/h1,3-6,9,16,23H,2,7-8,10,25H2. The summed E-state index contributed by atoms with van der Waals surface area (Å²) < 4.78 is 48.5. The van der Waals surface area contributed by atoms with Crippen LogP contribution >= 0.6 is 9.24 Å². The Morgan fingerprint density at radius 1 is 1.16 bits per heavy atom. The van der Waals surface area contributed by atoms with Gasteiger partial charge in [-0.3, -0.25) is 0 Å². The molecule has 2 aromatic rings. The van der Waals surface area contributed by atoms with E-state index in [1.54, 1.807) is 12.1 Å². The van der Waals surface area contributed by atoms with Crippen LogP contribution in [-0.2, 0) is 5.41 Å². The van der Waals surface area contributed by atoms with Gasteiger partial charge in [0.05, 0.1) is 5.41 Å². The molecule has 1 aliphatic carbocycles. The molecule has 2 aromatic carbocycles. The number of ether oxygens (including phenoxy) is 1. The number of phenols is 1. The Balaban J connectivity index is 1.97. The fourth-order valence-electron chi connectivity index (χ4n) is 4.30. The Labute approximate surface area is 146 Å². The summed E-state index contributed by atoms with van der Waals surface area (Å²) in [6.07, 6.45) is -0.632. The molecular weight excluding hydrogens is 348 g/mol. The maximum absolute atomic E-state index is 14.3. The van der Waals surface area contributed by atoms with Crippen LogP contribution in [0.4, 0.5) is 13.2 Å². The van der Waals surface area contributed by atoms with Crippen molar-refractivity contribution >= 4 is 14.5 Å². The second kappa shape index (κ2) is 5.63. The number of rotatable bonds is 1. The van der Waals surface area contributed by atoms with E-state index in [0.29, 0.717) is 24.2 Å². The fraction of sp³-hybridized carbons (Fsp3) is 0.368. The van der Waals surface area contributed by atoms with Crippen LogP contribution in [0.5, 0.6) is 11.5 Å². The van der Waals surface area contributed by atoms with Gasteiger partial charge in [0.25, 0.3) is 5.92 Å². The van der Waals surface area contributed by atoms with Crippen LogP contribution in [0, 0.1) is 5.82 Å². The van der Waals surface area contributed by atoms with Gasteiger partial charge in [0, 0.05) is 18.4 Å². The van der Waals surface area contributed by atoms with Crippen LogP contribution < -0.4 is 10.0 Å². The summed E-state index contributed by atoms with van der Waals surface area (Å²) in [4.78, 5) is 0. The van der Waals surface area contributed by atoms with Gasteiger partial charge in [-0.25, -0.2) is 13.2 Å². The second-order valence-corrected chi connectivity index (χ2v) is 7.50. The van der Waals surface area contributed by atoms with Gasteiger partial charge in [0.2, 0.25) is 0 Å². The number of phenolic OH excluding ortho intramolecular Hbond substituents is 1. The van der Waals surface area contributed by atoms with Gasteiger partial charge in [0.1, 0.15) is 11.9 Å². The molecule has 0 aromatic heterocycles. The van der Waals surface area contributed by atoms with E-state index in [1.807, 2.05) is 12.1 Å². The molecule has 0 amide bonds. The van der Waals surface area contributed by atoms with Crippen LogP contribution in [-0.4, -0.2) is 17.1 Å². The summed E-state index contributed by atoms with van der Waals surface area (Å²) in [5.41, 5.74) is 0.550. The number of hydrogen-bond acceptors (Lipinski definition) is 2. The van der Waals surface area contributed by atoms with Gasteiger partial charge in [-0.1, -0.05) is 18.2 Å². The molecule has 6 heteroatoms. The molecule has 1 aliphatic heterocycles. The van der Waals surface area contributed by atoms with E-state index in [9.17, 15) is 18.3 Å². The van der Waals surface area contributed by atoms with Gasteiger partial charge in [-0.2, -0.15) is 0 Å². The first-order valence-electron chi connectivity index (χ1n) is 8.26. The van der Waals surface area contributed by atoms with Crippen molar-refractivity contribution in [1.82, 2.24) is 0 Å². The Morgan fingerprint density at radius 2 is 1.96 bits per heavy atom. The fourth-order valence-corrected chi connectivity index (χ4v) is 4.81. The van der Waals surface area contributed by atoms with Gasteiger partial charge >= 0.3 is 0 Å². The van der Waals surface area contributed by atoms with Crippen molar-refractivity contribution < 1.29 is 23.0 Å². The monoisotopic (exact) mass is 366 g/mol. The number of hydrogen-bond donors (Lipinski definition) is 1. The third-order valence-electron chi connectivity index (χ3n) is 5.38. The van der Waals surface area contributed by atoms with E-state index >= 15 is 0 Å². The van der Waals surface area contributed by atoms with E-state index in [0.717, 1.165) is 10.9 Å². The lowest BCUT2D eigenvalue weighted by atomic mass is 9.68. The average molecular weight is 366 g/mol. The summed E-state index contributed by atoms with van der Waals surface area (Å²) in [7, 11) is 2.63. The van der Waals surface area contributed by atoms with Crippen molar-refractivity contribution in [3.05, 3.63) is 53.3 Å². The average Bonchev–Trinajstić information content (AvgIpc) is 2.77. The molecule has 3 atom stereocenters. The largest absolute Gasteiger partial charge is 0.505 e. The summed E-state index contributed by atoms with van der Waals surface area (Å²) in [6, 6.07) is 9.62. The number of aromatic hydroxyl groups is 1. The number of alkyl halides is 2. The van der Waals surface area contributed by atoms with Crippen LogP contribution in [0.2, 0.25) is 0 Å². The third-order valence-corrected chi connectivity index (χ3v) is 5.87. The molecule has 3 unspecified atom stereocenters. The van der Waals surface area contributed by atoms with Crippen LogP contribution in [0.25, 0.3) is 0 Å². The van der Waals surface area contributed by atoms with Gasteiger partial charge < -0.3 is 9.84 Å². The molecule has 0 radical (unpaired) electrons. The van der Waals surface area contributed by atoms with E-state index in [-0.39, 0.29) is 6.42 Å². The predicted molar refractivity (Wildman–Crippen MR) is 92.5 cm³/mol. The molecule has 2 nitrogen and oxygen atoms in total. The first-order valence-corrected chi connectivity index (χ1v) is 8.84. The molecule has 0 spiro atoms. The minimum atomic E-state index is -2.81. The number of fused-ring (bicyclic) bond motifs is 3. The Morgan fingerprint density at radius 3 is 2.72 bits per heavy atom. The lowest BCUT2D eigenvalue weighted by Crippen LogP contribution is -2.42. The summed E-state index contributed by atoms with van der Waals surface area (Å²) in [6.45, 7) is 0. The maximum Gasteiger partial charge on any atom is 0.251 e. The summed E-state index contributed by atoms with van der Waals surface area (Å²) >= 11 is 0. The lowest BCUT2D eigenvalue weighted by Gasteiger charge is -2.35. The van der Waals surface area contributed by atoms with Crippen LogP contribution in [0.1, 0.15) is 36.8 Å². The van der Waals surface area contributed by atoms with Crippen molar-refractivity contribution in [2.45, 2.75) is 43.1 Å². The maximum atomic E-state index is 14.3. The summed E-state index contributed by atoms with van der Waals surface area (Å²) in [5, 5.41) is 10.4. The highest BCUT2D eigenvalue weighted by atomic mass is 31.0. The van der Waals surface area contributed by atoms with Gasteiger partial charge in [0.15, 0.2) is 11.6 Å². The first-order chi connectivity index (χ1) is 11.8. The second-order valence-electron chi connectivity index (χ2n) is 6.88. The molecule has 1 fully saturated rings. The topological polar surface area (TPSA) is 29.5 Å². The molecule has 132 valence electrons. The molecule has 25 heavy (non-hydrogen) atoms. The van der Waals surface area contributed by atoms with Crippen molar-refractivity contribution in [3.8, 4) is 11.5 Å². The smallest absolute Gasteiger partial charge is 0.251 e. The van der Waals surface area contributed by atoms with Gasteiger partial charge in [-0.05, 0) is 41.9 Å². The highest BCUT2D eigenvalue weighted by Crippen LogP contribution is 2.55. The van der Waals surface area contributed by atoms with Crippen molar-refractivity contribution in [2.24, 2.45) is 0 Å². The zero-order chi connectivity index (χ0) is 17.8. The predicted octanol–water partition coefficient (Wildman–Crippen LogP) is 4.29. The molecule has 2 aliphatic rings. The first kappa shape index (κ1) is 16.7. The summed E-state index contributed by atoms with van der Waals surface area (Å²) in [5.74, 6) is -3.45. The minimum Gasteiger partial charge on any atom is -0.505 e. The van der Waals surface area contributed by atoms with E-state index in [4.69, 9.17) is 4.74 Å². The SMILES string of the molecule is Oc1ccc(C23CCCC(F)(F)CC2Oc2cccc(P)c23)cc1F. The zero-order valence-corrected chi connectivity index (χ0v) is 14.6. The van der Waals surface area contributed by atoms with Crippen molar-refractivity contribution in [1.29, 1.82) is 0 Å². The van der Waals surface area contributed by atoms with Crippen LogP contribution in [0.15, 0.2) is 36.4 Å². The Kier molecular flexibility index (Phi) is 3.77. The van der Waals surface area contributed by atoms with Gasteiger partial charge in [-0.15, -0.1) is 9.24 Å². The normalized spacial score (nSPS) is 27.1. The van der Waals surface area contributed by atoms with E-state index in [1.165, 1.54) is 12.1 Å². The minimum absolute atomic E-state index is 0.205. The quantitative estimate of drug-likeness (QED) is 0.763. The number of benzene rings is 2. The van der Waals surface area contributed by atoms with Crippen LogP contribution in [0.3, 0.4) is 0 Å². The third kappa shape index (κ3) is 2.52. The lowest BCUT2D eigenvalue weighted by molar-refractivity contribution is -0.0402. The molecular formula is C19H18F3O2P. The molecule has 0 saturated heterocycles. The molecule has 1 saturated carbocycles. The van der Waals surface area contributed by atoms with Crippen molar-refractivity contribution in [3.63, 3.8) is 0 Å². The zero-order valence-electron chi connectivity index (χ0n) is 13.4. The van der Waals surface area contributed by atoms with E-state index < -0.39 is 35.4 Å².